The molecule has 1 unspecified atom stereocenters. The number of ether oxygens (including phenoxy) is 3. The van der Waals surface area contributed by atoms with Gasteiger partial charge in [-0.25, -0.2) is 4.79 Å². The Bertz CT molecular complexity index is 1220. The van der Waals surface area contributed by atoms with Crippen molar-refractivity contribution in [2.24, 2.45) is 0 Å². The molecule has 10 heteroatoms. The Balaban J connectivity index is 1.76. The molecule has 1 aliphatic rings. The van der Waals surface area contributed by atoms with Crippen LogP contribution >= 0.6 is 0 Å². The maximum atomic E-state index is 13.0. The zero-order valence-electron chi connectivity index (χ0n) is 20.1. The molecule has 0 saturated carbocycles. The van der Waals surface area contributed by atoms with Crippen molar-refractivity contribution in [3.63, 3.8) is 0 Å². The average Bonchev–Trinajstić information content (AvgIpc) is 3.35. The highest BCUT2D eigenvalue weighted by molar-refractivity contribution is 5.87. The third kappa shape index (κ3) is 4.92. The van der Waals surface area contributed by atoms with Crippen molar-refractivity contribution in [2.75, 3.05) is 34.5 Å². The van der Waals surface area contributed by atoms with Crippen LogP contribution in [0, 0.1) is 0 Å². The Morgan fingerprint density at radius 3 is 2.54 bits per heavy atom. The second-order valence-electron chi connectivity index (χ2n) is 7.96. The Hall–Kier alpha value is -4.05. The maximum absolute atomic E-state index is 13.0. The molecule has 2 aromatic carbocycles. The summed E-state index contributed by atoms with van der Waals surface area (Å²) < 4.78 is 21.2. The van der Waals surface area contributed by atoms with Gasteiger partial charge in [0.2, 0.25) is 5.82 Å². The summed E-state index contributed by atoms with van der Waals surface area (Å²) in [7, 11) is 4.70. The summed E-state index contributed by atoms with van der Waals surface area (Å²) in [4.78, 5) is 19.3. The topological polar surface area (TPSA) is 119 Å². The smallest absolute Gasteiger partial charge is 0.322 e. The molecule has 0 bridgehead atoms. The fourth-order valence-electron chi connectivity index (χ4n) is 4.02. The van der Waals surface area contributed by atoms with Crippen LogP contribution < -0.4 is 14.8 Å². The number of phenols is 1. The minimum Gasteiger partial charge on any atom is -0.504 e. The number of nitrogens with zero attached hydrogens (tertiary/aromatic N) is 3. The number of hydrogen-bond donors (Lipinski definition) is 2. The van der Waals surface area contributed by atoms with Crippen LogP contribution in [0.4, 0.5) is 4.79 Å². The molecule has 0 fully saturated rings. The van der Waals surface area contributed by atoms with Crippen molar-refractivity contribution in [1.82, 2.24) is 20.4 Å². The second kappa shape index (κ2) is 10.5. The zero-order valence-corrected chi connectivity index (χ0v) is 20.1. The van der Waals surface area contributed by atoms with Gasteiger partial charge in [-0.1, -0.05) is 11.2 Å². The third-order valence-electron chi connectivity index (χ3n) is 5.87. The minimum absolute atomic E-state index is 0.0387. The summed E-state index contributed by atoms with van der Waals surface area (Å²) in [6, 6.07) is 11.4. The van der Waals surface area contributed by atoms with E-state index in [1.54, 1.807) is 37.3 Å². The number of phenolic OH excluding ortho intramolecular Hbond substituents is 1. The molecule has 0 aliphatic carbocycles. The number of hydrogen-bond acceptors (Lipinski definition) is 8. The molecule has 2 N–H and O–H groups in total. The van der Waals surface area contributed by atoms with Crippen LogP contribution in [0.5, 0.6) is 17.2 Å². The molecule has 4 rings (SSSR count). The highest BCUT2D eigenvalue weighted by atomic mass is 16.5. The number of methoxy groups -OCH3 is 3. The lowest BCUT2D eigenvalue weighted by molar-refractivity contribution is 0.174. The fraction of sp³-hybridized carbons (Fsp3) is 0.320. The van der Waals surface area contributed by atoms with Crippen LogP contribution in [0.25, 0.3) is 17.0 Å². The molecule has 184 valence electrons. The number of nitrogens with one attached hydrogen (secondary N) is 1. The van der Waals surface area contributed by atoms with E-state index in [4.69, 9.17) is 18.7 Å². The van der Waals surface area contributed by atoms with Crippen LogP contribution in [0.2, 0.25) is 0 Å². The number of carbonyl (C=O) groups is 1. The van der Waals surface area contributed by atoms with Gasteiger partial charge in [0.05, 0.1) is 25.8 Å². The van der Waals surface area contributed by atoms with Crippen molar-refractivity contribution in [1.29, 1.82) is 0 Å². The van der Waals surface area contributed by atoms with Gasteiger partial charge in [-0.15, -0.1) is 0 Å². The first kappa shape index (κ1) is 24.1. The summed E-state index contributed by atoms with van der Waals surface area (Å²) in [5.41, 5.74) is 2.72. The molecule has 2 amide bonds. The Kier molecular flexibility index (Phi) is 7.21. The predicted octanol–water partition coefficient (Wildman–Crippen LogP) is 3.99. The summed E-state index contributed by atoms with van der Waals surface area (Å²) in [5, 5.41) is 17.5. The molecule has 1 aromatic heterocycles. The molecule has 35 heavy (non-hydrogen) atoms. The first-order valence-electron chi connectivity index (χ1n) is 11.1. The second-order valence-corrected chi connectivity index (χ2v) is 7.96. The van der Waals surface area contributed by atoms with E-state index in [0.29, 0.717) is 48.0 Å². The van der Waals surface area contributed by atoms with E-state index >= 15 is 0 Å². The highest BCUT2D eigenvalue weighted by Gasteiger charge is 2.36. The SMILES string of the molecule is COCCCN1C(=O)NC(c2ccc(OC)c(O)c2)C(c2nc(-c3ccc(OC)cc3)no2)=C1C. The van der Waals surface area contributed by atoms with Crippen LogP contribution in [-0.2, 0) is 4.74 Å². The number of aromatic hydroxyl groups is 1. The van der Waals surface area contributed by atoms with Gasteiger partial charge >= 0.3 is 6.03 Å². The molecular formula is C25H28N4O6. The summed E-state index contributed by atoms with van der Waals surface area (Å²) in [6.07, 6.45) is 0.656. The largest absolute Gasteiger partial charge is 0.504 e. The molecule has 3 aromatic rings. The lowest BCUT2D eigenvalue weighted by Gasteiger charge is -2.35. The van der Waals surface area contributed by atoms with E-state index in [1.165, 1.54) is 7.11 Å². The van der Waals surface area contributed by atoms with Crippen molar-refractivity contribution in [3.8, 4) is 28.6 Å². The van der Waals surface area contributed by atoms with Crippen molar-refractivity contribution >= 4 is 11.6 Å². The number of urea groups is 1. The van der Waals surface area contributed by atoms with E-state index in [1.807, 2.05) is 31.2 Å². The summed E-state index contributed by atoms with van der Waals surface area (Å²) in [5.74, 6) is 1.69. The quantitative estimate of drug-likeness (QED) is 0.441. The van der Waals surface area contributed by atoms with Crippen molar-refractivity contribution in [3.05, 3.63) is 59.6 Å². The molecule has 0 saturated heterocycles. The van der Waals surface area contributed by atoms with Crippen LogP contribution in [-0.4, -0.2) is 60.7 Å². The van der Waals surface area contributed by atoms with Crippen LogP contribution in [0.1, 0.15) is 30.8 Å². The molecule has 2 heterocycles. The number of amides is 2. The van der Waals surface area contributed by atoms with Gasteiger partial charge in [0.15, 0.2) is 11.5 Å². The van der Waals surface area contributed by atoms with Gasteiger partial charge in [-0.3, -0.25) is 4.90 Å². The average molecular weight is 481 g/mol. The van der Waals surface area contributed by atoms with Crippen molar-refractivity contribution < 1.29 is 28.6 Å². The third-order valence-corrected chi connectivity index (χ3v) is 5.87. The van der Waals surface area contributed by atoms with Crippen molar-refractivity contribution in [2.45, 2.75) is 19.4 Å². The zero-order chi connectivity index (χ0) is 24.9. The summed E-state index contributed by atoms with van der Waals surface area (Å²) in [6.45, 7) is 2.81. The van der Waals surface area contributed by atoms with E-state index < -0.39 is 6.04 Å². The predicted molar refractivity (Wildman–Crippen MR) is 128 cm³/mol. The molecule has 1 atom stereocenters. The van der Waals surface area contributed by atoms with E-state index in [0.717, 1.165) is 11.3 Å². The monoisotopic (exact) mass is 480 g/mol. The van der Waals surface area contributed by atoms with Gasteiger partial charge in [-0.2, -0.15) is 4.98 Å². The Morgan fingerprint density at radius 2 is 1.89 bits per heavy atom. The van der Waals surface area contributed by atoms with Gasteiger partial charge in [0.1, 0.15) is 5.75 Å². The van der Waals surface area contributed by atoms with E-state index in [-0.39, 0.29) is 17.7 Å². The Morgan fingerprint density at radius 1 is 1.11 bits per heavy atom. The number of rotatable bonds is 9. The fourth-order valence-corrected chi connectivity index (χ4v) is 4.02. The summed E-state index contributed by atoms with van der Waals surface area (Å²) >= 11 is 0. The van der Waals surface area contributed by atoms with E-state index in [2.05, 4.69) is 15.5 Å². The van der Waals surface area contributed by atoms with Gasteiger partial charge < -0.3 is 29.2 Å². The molecule has 10 nitrogen and oxygen atoms in total. The first-order chi connectivity index (χ1) is 17.0. The number of carbonyl (C=O) groups excluding carboxylic acids is 1. The number of aromatic nitrogens is 2. The molecule has 0 radical (unpaired) electrons. The highest BCUT2D eigenvalue weighted by Crippen LogP contribution is 2.39. The lowest BCUT2D eigenvalue weighted by Crippen LogP contribution is -2.46. The van der Waals surface area contributed by atoms with Gasteiger partial charge in [-0.05, 0) is 55.3 Å². The molecule has 1 aliphatic heterocycles. The number of allylic oxidation sites excluding steroid dienone is 1. The van der Waals surface area contributed by atoms with E-state index in [9.17, 15) is 9.90 Å². The molecule has 0 spiro atoms. The van der Waals surface area contributed by atoms with Gasteiger partial charge in [0, 0.05) is 31.5 Å². The first-order valence-corrected chi connectivity index (χ1v) is 11.1. The minimum atomic E-state index is -0.623. The lowest BCUT2D eigenvalue weighted by atomic mass is 9.94. The number of benzene rings is 2. The van der Waals surface area contributed by atoms with Crippen LogP contribution in [0.3, 0.4) is 0 Å². The normalized spacial score (nSPS) is 15.8. The van der Waals surface area contributed by atoms with Gasteiger partial charge in [0.25, 0.3) is 5.89 Å². The Labute approximate surface area is 203 Å². The van der Waals surface area contributed by atoms with Crippen LogP contribution in [0.15, 0.2) is 52.7 Å². The maximum Gasteiger partial charge on any atom is 0.322 e. The standard InChI is InChI=1S/C25H28N4O6/c1-15-21(24-27-23(28-35-24)16-6-9-18(33-3)10-7-16)22(17-8-11-20(34-4)19(30)14-17)26-25(31)29(15)12-5-13-32-2/h6-11,14,22,30H,5,12-13H2,1-4H3,(H,26,31). The molecular weight excluding hydrogens is 452 g/mol.